The van der Waals surface area contributed by atoms with Crippen molar-refractivity contribution in [1.29, 1.82) is 0 Å². The predicted molar refractivity (Wildman–Crippen MR) is 143 cm³/mol. The highest BCUT2D eigenvalue weighted by Gasteiger charge is 2.46. The van der Waals surface area contributed by atoms with Crippen molar-refractivity contribution in [2.45, 2.75) is 58.7 Å². The van der Waals surface area contributed by atoms with Gasteiger partial charge < -0.3 is 24.0 Å². The first-order chi connectivity index (χ1) is 17.1. The third-order valence-corrected chi connectivity index (χ3v) is 8.47. The van der Waals surface area contributed by atoms with Gasteiger partial charge in [0.2, 0.25) is 5.34 Å². The Kier molecular flexibility index (Phi) is 9.37. The average molecular weight is 513 g/mol. The molecule has 36 heavy (non-hydrogen) atoms. The number of aryl methyl sites for hydroxylation is 2. The third-order valence-electron chi connectivity index (χ3n) is 6.69. The van der Waals surface area contributed by atoms with Crippen LogP contribution in [0, 0.1) is 13.8 Å². The number of hydrogen-bond donors (Lipinski definition) is 2. The Hall–Kier alpha value is -2.63. The summed E-state index contributed by atoms with van der Waals surface area (Å²) in [4.78, 5) is 19.9. The SMILES string of the molecule is CCC(CC)(Oc1cc(C)c(Cc2ccc(OCOC)c(Cc3ccccc3)c2)c(C)c1)P(=O)(O)O. The Bertz CT molecular complexity index is 1170. The van der Waals surface area contributed by atoms with Gasteiger partial charge in [0.05, 0.1) is 0 Å². The van der Waals surface area contributed by atoms with Crippen LogP contribution in [0.4, 0.5) is 0 Å². The summed E-state index contributed by atoms with van der Waals surface area (Å²) in [5.74, 6) is 1.28. The normalized spacial score (nSPS) is 12.0. The summed E-state index contributed by atoms with van der Waals surface area (Å²) in [6.07, 6.45) is 1.90. The van der Waals surface area contributed by atoms with Crippen LogP contribution in [0.15, 0.2) is 60.7 Å². The van der Waals surface area contributed by atoms with Gasteiger partial charge >= 0.3 is 7.60 Å². The molecule has 0 atom stereocenters. The first kappa shape index (κ1) is 27.9. The second-order valence-corrected chi connectivity index (χ2v) is 11.1. The maximum absolute atomic E-state index is 12.2. The van der Waals surface area contributed by atoms with Crippen LogP contribution in [0.3, 0.4) is 0 Å². The molecule has 0 radical (unpaired) electrons. The fraction of sp³-hybridized carbons (Fsp3) is 0.379. The maximum atomic E-state index is 12.2. The van der Waals surface area contributed by atoms with Crippen LogP contribution in [-0.4, -0.2) is 29.0 Å². The highest BCUT2D eigenvalue weighted by atomic mass is 31.2. The van der Waals surface area contributed by atoms with E-state index in [1.54, 1.807) is 21.0 Å². The Morgan fingerprint density at radius 3 is 2.06 bits per heavy atom. The van der Waals surface area contributed by atoms with Crippen molar-refractivity contribution in [3.63, 3.8) is 0 Å². The molecule has 6 nitrogen and oxygen atoms in total. The molecule has 7 heteroatoms. The van der Waals surface area contributed by atoms with E-state index in [-0.39, 0.29) is 19.6 Å². The lowest BCUT2D eigenvalue weighted by Gasteiger charge is -2.33. The number of benzene rings is 3. The lowest BCUT2D eigenvalue weighted by Crippen LogP contribution is -2.34. The van der Waals surface area contributed by atoms with Gasteiger partial charge in [0.15, 0.2) is 6.79 Å². The van der Waals surface area contributed by atoms with Crippen LogP contribution in [-0.2, 0) is 22.1 Å². The zero-order valence-corrected chi connectivity index (χ0v) is 22.7. The standard InChI is InChI=1S/C29H37O6P/c1-6-29(7-2,36(30,31)32)35-26-15-21(3)27(22(4)16-26)19-24-13-14-28(34-20-33-5)25(18-24)17-23-11-9-8-10-12-23/h8-16,18H,6-7,17,19-20H2,1-5H3,(H2,30,31,32). The fourth-order valence-corrected chi connectivity index (χ4v) is 5.59. The molecule has 0 saturated carbocycles. The van der Waals surface area contributed by atoms with Crippen LogP contribution in [0.25, 0.3) is 0 Å². The zero-order chi connectivity index (χ0) is 26.3. The summed E-state index contributed by atoms with van der Waals surface area (Å²) in [5, 5.41) is -1.52. The average Bonchev–Trinajstić information content (AvgIpc) is 2.84. The molecule has 2 N–H and O–H groups in total. The molecule has 0 unspecified atom stereocenters. The molecule has 0 aliphatic heterocycles. The molecule has 3 rings (SSSR count). The van der Waals surface area contributed by atoms with E-state index in [1.807, 2.05) is 50.2 Å². The molecular weight excluding hydrogens is 475 g/mol. The molecule has 0 aliphatic carbocycles. The van der Waals surface area contributed by atoms with Crippen LogP contribution in [0.2, 0.25) is 0 Å². The van der Waals surface area contributed by atoms with E-state index < -0.39 is 12.9 Å². The molecule has 3 aromatic rings. The fourth-order valence-electron chi connectivity index (χ4n) is 4.54. The Morgan fingerprint density at radius 2 is 1.50 bits per heavy atom. The van der Waals surface area contributed by atoms with E-state index in [2.05, 4.69) is 24.3 Å². The van der Waals surface area contributed by atoms with Gasteiger partial charge in [-0.3, -0.25) is 4.57 Å². The number of methoxy groups -OCH3 is 1. The van der Waals surface area contributed by atoms with Gasteiger partial charge in [-0.15, -0.1) is 0 Å². The highest BCUT2D eigenvalue weighted by Crippen LogP contribution is 2.55. The Balaban J connectivity index is 1.90. The topological polar surface area (TPSA) is 85.2 Å². The summed E-state index contributed by atoms with van der Waals surface area (Å²) in [6, 6.07) is 20.3. The molecule has 0 bridgehead atoms. The van der Waals surface area contributed by atoms with E-state index in [9.17, 15) is 14.4 Å². The van der Waals surface area contributed by atoms with Crippen molar-refractivity contribution in [1.82, 2.24) is 0 Å². The van der Waals surface area contributed by atoms with Gasteiger partial charge in [-0.05, 0) is 84.7 Å². The highest BCUT2D eigenvalue weighted by molar-refractivity contribution is 7.53. The quantitative estimate of drug-likeness (QED) is 0.212. The number of ether oxygens (including phenoxy) is 3. The smallest absolute Gasteiger partial charge is 0.368 e. The van der Waals surface area contributed by atoms with Crippen molar-refractivity contribution in [2.75, 3.05) is 13.9 Å². The van der Waals surface area contributed by atoms with E-state index in [0.29, 0.717) is 5.75 Å². The van der Waals surface area contributed by atoms with Crippen molar-refractivity contribution >= 4 is 7.60 Å². The Labute approximate surface area is 214 Å². The largest absolute Gasteiger partial charge is 0.475 e. The van der Waals surface area contributed by atoms with Gasteiger partial charge in [0, 0.05) is 13.5 Å². The van der Waals surface area contributed by atoms with E-state index in [1.165, 1.54) is 5.56 Å². The van der Waals surface area contributed by atoms with Crippen molar-refractivity contribution in [3.8, 4) is 11.5 Å². The van der Waals surface area contributed by atoms with Crippen LogP contribution >= 0.6 is 7.60 Å². The minimum atomic E-state index is -4.46. The molecule has 0 saturated heterocycles. The monoisotopic (exact) mass is 512 g/mol. The molecule has 0 aliphatic rings. The molecule has 0 amide bonds. The van der Waals surface area contributed by atoms with Crippen LogP contribution < -0.4 is 9.47 Å². The molecule has 3 aromatic carbocycles. The molecule has 0 fully saturated rings. The second-order valence-electron chi connectivity index (χ2n) is 9.17. The third kappa shape index (κ3) is 6.57. The summed E-state index contributed by atoms with van der Waals surface area (Å²) in [5.41, 5.74) is 6.63. The van der Waals surface area contributed by atoms with Crippen molar-refractivity contribution in [2.24, 2.45) is 0 Å². The van der Waals surface area contributed by atoms with Gasteiger partial charge in [-0.2, -0.15) is 0 Å². The molecule has 0 heterocycles. The van der Waals surface area contributed by atoms with Gasteiger partial charge in [-0.25, -0.2) is 0 Å². The Morgan fingerprint density at radius 1 is 0.861 bits per heavy atom. The summed E-state index contributed by atoms with van der Waals surface area (Å²) in [6.45, 7) is 7.68. The summed E-state index contributed by atoms with van der Waals surface area (Å²) in [7, 11) is -2.85. The van der Waals surface area contributed by atoms with E-state index in [4.69, 9.17) is 14.2 Å². The number of rotatable bonds is 12. The van der Waals surface area contributed by atoms with Gasteiger partial charge in [0.25, 0.3) is 0 Å². The molecular formula is C29H37O6P. The van der Waals surface area contributed by atoms with E-state index in [0.717, 1.165) is 46.4 Å². The van der Waals surface area contributed by atoms with Crippen LogP contribution in [0.1, 0.15) is 60.1 Å². The summed E-state index contributed by atoms with van der Waals surface area (Å²) < 4.78 is 29.1. The molecule has 194 valence electrons. The zero-order valence-electron chi connectivity index (χ0n) is 21.8. The number of hydrogen-bond acceptors (Lipinski definition) is 4. The lowest BCUT2D eigenvalue weighted by atomic mass is 9.93. The van der Waals surface area contributed by atoms with Gasteiger partial charge in [0.1, 0.15) is 11.5 Å². The van der Waals surface area contributed by atoms with Gasteiger partial charge in [-0.1, -0.05) is 56.3 Å². The van der Waals surface area contributed by atoms with Crippen molar-refractivity contribution in [3.05, 3.63) is 94.0 Å². The second kappa shape index (κ2) is 12.1. The maximum Gasteiger partial charge on any atom is 0.368 e. The minimum absolute atomic E-state index is 0.187. The summed E-state index contributed by atoms with van der Waals surface area (Å²) >= 11 is 0. The molecule has 0 spiro atoms. The van der Waals surface area contributed by atoms with Crippen LogP contribution in [0.5, 0.6) is 11.5 Å². The molecule has 0 aromatic heterocycles. The first-order valence-electron chi connectivity index (χ1n) is 12.2. The van der Waals surface area contributed by atoms with E-state index >= 15 is 0 Å². The lowest BCUT2D eigenvalue weighted by molar-refractivity contribution is 0.0505. The van der Waals surface area contributed by atoms with Crippen molar-refractivity contribution < 1.29 is 28.6 Å². The minimum Gasteiger partial charge on any atom is -0.475 e. The first-order valence-corrected chi connectivity index (χ1v) is 13.9. The predicted octanol–water partition coefficient (Wildman–Crippen LogP) is 6.54.